The number of esters is 1. The maximum absolute atomic E-state index is 14.5. The minimum absolute atomic E-state index is 0.00170. The highest BCUT2D eigenvalue weighted by Crippen LogP contribution is 2.42. The normalized spacial score (nSPS) is 15.9. The number of fused-ring (bicyclic) bond motifs is 1. The minimum atomic E-state index is -1.33. The summed E-state index contributed by atoms with van der Waals surface area (Å²) in [6, 6.07) is 3.69. The van der Waals surface area contributed by atoms with E-state index in [9.17, 15) is 23.5 Å². The Hall–Kier alpha value is -3.20. The molecule has 3 N–H and O–H groups in total. The van der Waals surface area contributed by atoms with Crippen LogP contribution in [0.3, 0.4) is 0 Å². The standard InChI is InChI=1S/C18H15F2NO6/c1-2-25-18(24)14-13(10-4-3-8(19)5-11(10)20)16-15(27-17(14)21)12(23)6-9(7-22)26-16/h3-6,13,22H,2,7,21H2,1H3/t13-/m1/s1. The predicted molar refractivity (Wildman–Crippen MR) is 87.6 cm³/mol. The molecule has 1 aromatic heterocycles. The molecule has 3 rings (SSSR count). The number of aliphatic hydroxyl groups excluding tert-OH is 1. The van der Waals surface area contributed by atoms with Crippen LogP contribution in [0.1, 0.15) is 29.9 Å². The Morgan fingerprint density at radius 3 is 2.70 bits per heavy atom. The average Bonchev–Trinajstić information content (AvgIpc) is 2.61. The molecule has 0 spiro atoms. The molecule has 1 aromatic carbocycles. The Bertz CT molecular complexity index is 998. The average molecular weight is 379 g/mol. The lowest BCUT2D eigenvalue weighted by atomic mass is 9.86. The maximum atomic E-state index is 14.5. The van der Waals surface area contributed by atoms with E-state index in [2.05, 4.69) is 0 Å². The van der Waals surface area contributed by atoms with E-state index in [4.69, 9.17) is 19.6 Å². The predicted octanol–water partition coefficient (Wildman–Crippen LogP) is 1.67. The highest BCUT2D eigenvalue weighted by atomic mass is 19.1. The molecular weight excluding hydrogens is 364 g/mol. The van der Waals surface area contributed by atoms with Crippen LogP contribution >= 0.6 is 0 Å². The molecule has 0 amide bonds. The Morgan fingerprint density at radius 1 is 1.33 bits per heavy atom. The summed E-state index contributed by atoms with van der Waals surface area (Å²) in [6.45, 7) is 0.945. The first-order valence-electron chi connectivity index (χ1n) is 7.94. The van der Waals surface area contributed by atoms with Crippen molar-refractivity contribution in [3.8, 4) is 5.75 Å². The fourth-order valence-electron chi connectivity index (χ4n) is 2.82. The van der Waals surface area contributed by atoms with Crippen molar-refractivity contribution in [2.45, 2.75) is 19.4 Å². The minimum Gasteiger partial charge on any atom is -0.462 e. The van der Waals surface area contributed by atoms with Gasteiger partial charge in [0, 0.05) is 17.7 Å². The van der Waals surface area contributed by atoms with Gasteiger partial charge >= 0.3 is 5.97 Å². The van der Waals surface area contributed by atoms with Gasteiger partial charge in [-0.1, -0.05) is 6.07 Å². The Kier molecular flexibility index (Phi) is 4.95. The van der Waals surface area contributed by atoms with Crippen LogP contribution in [0.4, 0.5) is 8.78 Å². The fraction of sp³-hybridized carbons (Fsp3) is 0.222. The number of nitrogens with two attached hydrogens (primary N) is 1. The second-order valence-electron chi connectivity index (χ2n) is 5.63. The van der Waals surface area contributed by atoms with Gasteiger partial charge in [-0.2, -0.15) is 0 Å². The first-order valence-corrected chi connectivity index (χ1v) is 7.94. The number of aliphatic hydroxyl groups is 1. The molecule has 0 fully saturated rings. The summed E-state index contributed by atoms with van der Waals surface area (Å²) in [4.78, 5) is 24.7. The molecule has 2 aromatic rings. The molecule has 9 heteroatoms. The van der Waals surface area contributed by atoms with Crippen LogP contribution in [0.2, 0.25) is 0 Å². The van der Waals surface area contributed by atoms with Gasteiger partial charge < -0.3 is 24.7 Å². The van der Waals surface area contributed by atoms with Crippen LogP contribution in [-0.2, 0) is 16.1 Å². The Morgan fingerprint density at radius 2 is 2.07 bits per heavy atom. The zero-order chi connectivity index (χ0) is 19.7. The van der Waals surface area contributed by atoms with E-state index in [1.165, 1.54) is 0 Å². The number of carbonyl (C=O) groups excluding carboxylic acids is 1. The summed E-state index contributed by atoms with van der Waals surface area (Å²) >= 11 is 0. The number of hydrogen-bond donors (Lipinski definition) is 2. The van der Waals surface area contributed by atoms with Crippen LogP contribution in [0.5, 0.6) is 5.75 Å². The van der Waals surface area contributed by atoms with Crippen molar-refractivity contribution >= 4 is 5.97 Å². The SMILES string of the molecule is CCOC(=O)C1=C(N)Oc2c(oc(CO)cc2=O)[C@@H]1c1ccc(F)cc1F. The monoisotopic (exact) mass is 379 g/mol. The molecule has 1 aliphatic heterocycles. The van der Waals surface area contributed by atoms with Crippen molar-refractivity contribution in [2.75, 3.05) is 6.61 Å². The summed E-state index contributed by atoms with van der Waals surface area (Å²) < 4.78 is 43.5. The molecule has 142 valence electrons. The summed E-state index contributed by atoms with van der Waals surface area (Å²) in [6.07, 6.45) is 0. The zero-order valence-electron chi connectivity index (χ0n) is 14.1. The van der Waals surface area contributed by atoms with E-state index in [0.717, 1.165) is 18.2 Å². The van der Waals surface area contributed by atoms with Crippen molar-refractivity contribution in [1.82, 2.24) is 0 Å². The van der Waals surface area contributed by atoms with Crippen molar-refractivity contribution in [3.05, 3.63) is 74.7 Å². The second-order valence-corrected chi connectivity index (χ2v) is 5.63. The highest BCUT2D eigenvalue weighted by molar-refractivity contribution is 5.92. The summed E-state index contributed by atoms with van der Waals surface area (Å²) in [5.74, 6) is -5.24. The van der Waals surface area contributed by atoms with Crippen molar-refractivity contribution in [2.24, 2.45) is 5.73 Å². The van der Waals surface area contributed by atoms with Gasteiger partial charge in [-0.25, -0.2) is 13.6 Å². The Labute approximate surface area is 151 Å². The molecule has 27 heavy (non-hydrogen) atoms. The van der Waals surface area contributed by atoms with Gasteiger partial charge in [0.15, 0.2) is 5.76 Å². The van der Waals surface area contributed by atoms with Crippen molar-refractivity contribution < 1.29 is 32.6 Å². The van der Waals surface area contributed by atoms with Gasteiger partial charge in [-0.3, -0.25) is 4.79 Å². The topological polar surface area (TPSA) is 112 Å². The first kappa shape index (κ1) is 18.6. The van der Waals surface area contributed by atoms with Gasteiger partial charge in [0.05, 0.1) is 12.5 Å². The summed E-state index contributed by atoms with van der Waals surface area (Å²) in [7, 11) is 0. The van der Waals surface area contributed by atoms with E-state index < -0.39 is 41.4 Å². The van der Waals surface area contributed by atoms with E-state index in [1.54, 1.807) is 6.92 Å². The number of rotatable bonds is 4. The van der Waals surface area contributed by atoms with Gasteiger partial charge in [0.1, 0.15) is 29.6 Å². The molecule has 1 aliphatic rings. The number of benzene rings is 1. The summed E-state index contributed by atoms with van der Waals surface area (Å²) in [5.41, 5.74) is 4.65. The van der Waals surface area contributed by atoms with Crippen LogP contribution in [-0.4, -0.2) is 17.7 Å². The molecule has 0 saturated carbocycles. The van der Waals surface area contributed by atoms with Gasteiger partial charge in [0.25, 0.3) is 0 Å². The summed E-state index contributed by atoms with van der Waals surface area (Å²) in [5, 5.41) is 9.30. The van der Waals surface area contributed by atoms with Gasteiger partial charge in [-0.15, -0.1) is 0 Å². The van der Waals surface area contributed by atoms with Crippen LogP contribution in [0.15, 0.2) is 44.9 Å². The lowest BCUT2D eigenvalue weighted by Gasteiger charge is -2.27. The van der Waals surface area contributed by atoms with E-state index in [0.29, 0.717) is 6.07 Å². The molecule has 1 atom stereocenters. The molecule has 0 unspecified atom stereocenters. The third kappa shape index (κ3) is 3.28. The number of halogens is 2. The number of ether oxygens (including phenoxy) is 2. The zero-order valence-corrected chi connectivity index (χ0v) is 14.1. The smallest absolute Gasteiger partial charge is 0.340 e. The molecule has 0 aliphatic carbocycles. The molecular formula is C18H15F2NO6. The van der Waals surface area contributed by atoms with Crippen molar-refractivity contribution in [1.29, 1.82) is 0 Å². The van der Waals surface area contributed by atoms with Crippen molar-refractivity contribution in [3.63, 3.8) is 0 Å². The van der Waals surface area contributed by atoms with E-state index in [-0.39, 0.29) is 35.0 Å². The van der Waals surface area contributed by atoms with Gasteiger partial charge in [-0.05, 0) is 13.0 Å². The number of carbonyl (C=O) groups is 1. The van der Waals surface area contributed by atoms with Crippen LogP contribution < -0.4 is 15.9 Å². The molecule has 0 bridgehead atoms. The number of hydrogen-bond acceptors (Lipinski definition) is 7. The molecule has 0 radical (unpaired) electrons. The third-order valence-corrected chi connectivity index (χ3v) is 3.93. The third-order valence-electron chi connectivity index (χ3n) is 3.93. The molecule has 2 heterocycles. The maximum Gasteiger partial charge on any atom is 0.340 e. The lowest BCUT2D eigenvalue weighted by Crippen LogP contribution is -2.30. The molecule has 0 saturated heterocycles. The van der Waals surface area contributed by atoms with E-state index in [1.807, 2.05) is 0 Å². The van der Waals surface area contributed by atoms with Crippen LogP contribution in [0, 0.1) is 11.6 Å². The largest absolute Gasteiger partial charge is 0.462 e. The van der Waals surface area contributed by atoms with E-state index >= 15 is 0 Å². The Balaban J connectivity index is 2.31. The first-order chi connectivity index (χ1) is 12.9. The molecule has 7 nitrogen and oxygen atoms in total. The van der Waals surface area contributed by atoms with Crippen LogP contribution in [0.25, 0.3) is 0 Å². The quantitative estimate of drug-likeness (QED) is 0.777. The fourth-order valence-corrected chi connectivity index (χ4v) is 2.82. The lowest BCUT2D eigenvalue weighted by molar-refractivity contribution is -0.139. The second kappa shape index (κ2) is 7.20. The van der Waals surface area contributed by atoms with Gasteiger partial charge in [0.2, 0.25) is 17.1 Å². The highest BCUT2D eigenvalue weighted by Gasteiger charge is 2.40.